The van der Waals surface area contributed by atoms with Gasteiger partial charge in [0.25, 0.3) is 0 Å². The van der Waals surface area contributed by atoms with Crippen molar-refractivity contribution < 1.29 is 4.79 Å². The number of amides is 1. The first-order chi connectivity index (χ1) is 9.29. The zero-order valence-corrected chi connectivity index (χ0v) is 11.6. The van der Waals surface area contributed by atoms with E-state index in [2.05, 4.69) is 15.5 Å². The number of nitrogens with zero attached hydrogens (tertiary/aromatic N) is 1. The molecule has 4 heterocycles. The molecule has 1 amide bonds. The van der Waals surface area contributed by atoms with Gasteiger partial charge in [-0.3, -0.25) is 4.79 Å². The van der Waals surface area contributed by atoms with Crippen molar-refractivity contribution >= 4 is 5.91 Å². The Morgan fingerprint density at radius 1 is 1.11 bits per heavy atom. The molecule has 5 atom stereocenters. The zero-order chi connectivity index (χ0) is 12.8. The van der Waals surface area contributed by atoms with Gasteiger partial charge in [0, 0.05) is 30.7 Å². The average molecular weight is 263 g/mol. The smallest absolute Gasteiger partial charge is 0.224 e. The van der Waals surface area contributed by atoms with E-state index >= 15 is 0 Å². The van der Waals surface area contributed by atoms with Crippen molar-refractivity contribution in [2.75, 3.05) is 13.1 Å². The van der Waals surface area contributed by atoms with Gasteiger partial charge < -0.3 is 15.5 Å². The van der Waals surface area contributed by atoms with Crippen molar-refractivity contribution in [1.29, 1.82) is 0 Å². The number of fused-ring (bicyclic) bond motifs is 3. The lowest BCUT2D eigenvalue weighted by Crippen LogP contribution is -2.49. The fourth-order valence-corrected chi connectivity index (χ4v) is 4.78. The minimum absolute atomic E-state index is 0.250. The number of piperidine rings is 1. The molecule has 106 valence electrons. The molecule has 4 saturated heterocycles. The maximum absolute atomic E-state index is 12.4. The highest BCUT2D eigenvalue weighted by Gasteiger charge is 2.43. The Morgan fingerprint density at radius 2 is 2.05 bits per heavy atom. The van der Waals surface area contributed by atoms with Crippen molar-refractivity contribution in [3.8, 4) is 0 Å². The zero-order valence-electron chi connectivity index (χ0n) is 11.6. The summed E-state index contributed by atoms with van der Waals surface area (Å²) in [5.74, 6) is 0.580. The molecule has 2 bridgehead atoms. The Hall–Kier alpha value is -0.610. The molecule has 5 unspecified atom stereocenters. The van der Waals surface area contributed by atoms with Crippen LogP contribution in [0.5, 0.6) is 0 Å². The molecule has 4 rings (SSSR count). The van der Waals surface area contributed by atoms with E-state index in [0.29, 0.717) is 24.0 Å². The first-order valence-corrected chi connectivity index (χ1v) is 8.10. The van der Waals surface area contributed by atoms with Crippen LogP contribution in [0, 0.1) is 5.92 Å². The summed E-state index contributed by atoms with van der Waals surface area (Å²) in [6.07, 6.45) is 8.55. The van der Waals surface area contributed by atoms with Crippen LogP contribution in [-0.4, -0.2) is 48.1 Å². The summed E-state index contributed by atoms with van der Waals surface area (Å²) in [6.45, 7) is 2.46. The van der Waals surface area contributed by atoms with E-state index in [0.717, 1.165) is 18.9 Å². The summed E-state index contributed by atoms with van der Waals surface area (Å²) in [5, 5.41) is 6.92. The van der Waals surface area contributed by atoms with Gasteiger partial charge in [-0.25, -0.2) is 0 Å². The van der Waals surface area contributed by atoms with Crippen molar-refractivity contribution in [1.82, 2.24) is 15.5 Å². The van der Waals surface area contributed by atoms with Crippen LogP contribution in [0.15, 0.2) is 0 Å². The molecule has 4 fully saturated rings. The lowest BCUT2D eigenvalue weighted by Gasteiger charge is -2.36. The van der Waals surface area contributed by atoms with E-state index in [1.807, 2.05) is 0 Å². The van der Waals surface area contributed by atoms with E-state index in [-0.39, 0.29) is 5.92 Å². The third-order valence-corrected chi connectivity index (χ3v) is 5.80. The van der Waals surface area contributed by atoms with Gasteiger partial charge in [0.05, 0.1) is 5.92 Å². The molecule has 0 aromatic carbocycles. The van der Waals surface area contributed by atoms with Gasteiger partial charge in [-0.2, -0.15) is 0 Å². The molecule has 0 aromatic rings. The standard InChI is InChI=1S/C15H25N3O/c19-15(13-9-10-3-4-14(13)16-10)17-11-5-7-18-6-1-2-12(18)8-11/h10-14,16H,1-9H2,(H,17,19). The molecule has 4 heteroatoms. The van der Waals surface area contributed by atoms with Gasteiger partial charge in [0.2, 0.25) is 5.91 Å². The van der Waals surface area contributed by atoms with Crippen molar-refractivity contribution in [3.05, 3.63) is 0 Å². The number of hydrogen-bond donors (Lipinski definition) is 2. The molecule has 2 N–H and O–H groups in total. The molecular formula is C15H25N3O. The quantitative estimate of drug-likeness (QED) is 0.777. The van der Waals surface area contributed by atoms with E-state index in [9.17, 15) is 4.79 Å². The second kappa shape index (κ2) is 4.74. The monoisotopic (exact) mass is 263 g/mol. The molecule has 0 spiro atoms. The SMILES string of the molecule is O=C(NC1CCN2CCCC2C1)C1CC2CCC1N2. The molecule has 4 nitrogen and oxygen atoms in total. The van der Waals surface area contributed by atoms with Gasteiger partial charge in [-0.05, 0) is 51.5 Å². The van der Waals surface area contributed by atoms with Crippen LogP contribution in [-0.2, 0) is 4.79 Å². The summed E-state index contributed by atoms with van der Waals surface area (Å²) < 4.78 is 0. The Labute approximate surface area is 115 Å². The summed E-state index contributed by atoms with van der Waals surface area (Å²) in [5.41, 5.74) is 0. The normalized spacial score (nSPS) is 45.4. The van der Waals surface area contributed by atoms with Crippen LogP contribution in [0.3, 0.4) is 0 Å². The van der Waals surface area contributed by atoms with Crippen LogP contribution >= 0.6 is 0 Å². The predicted molar refractivity (Wildman–Crippen MR) is 73.8 cm³/mol. The lowest BCUT2D eigenvalue weighted by molar-refractivity contribution is -0.126. The molecule has 4 aliphatic heterocycles. The Morgan fingerprint density at radius 3 is 2.84 bits per heavy atom. The van der Waals surface area contributed by atoms with Crippen molar-refractivity contribution in [3.63, 3.8) is 0 Å². The summed E-state index contributed by atoms with van der Waals surface area (Å²) in [6, 6.07) is 2.28. The molecular weight excluding hydrogens is 238 g/mol. The number of rotatable bonds is 2. The van der Waals surface area contributed by atoms with Crippen LogP contribution in [0.1, 0.15) is 44.9 Å². The van der Waals surface area contributed by atoms with E-state index in [1.165, 1.54) is 45.2 Å². The summed E-state index contributed by atoms with van der Waals surface area (Å²) in [4.78, 5) is 15.0. The molecule has 0 aliphatic carbocycles. The Balaban J connectivity index is 1.33. The molecule has 4 aliphatic rings. The molecule has 0 saturated carbocycles. The van der Waals surface area contributed by atoms with Crippen LogP contribution < -0.4 is 10.6 Å². The van der Waals surface area contributed by atoms with Crippen LogP contribution in [0.4, 0.5) is 0 Å². The van der Waals surface area contributed by atoms with E-state index in [1.54, 1.807) is 0 Å². The van der Waals surface area contributed by atoms with Crippen LogP contribution in [0.2, 0.25) is 0 Å². The number of carbonyl (C=O) groups is 1. The molecule has 19 heavy (non-hydrogen) atoms. The third kappa shape index (κ3) is 2.19. The second-order valence-corrected chi connectivity index (χ2v) is 6.95. The summed E-state index contributed by atoms with van der Waals surface area (Å²) in [7, 11) is 0. The van der Waals surface area contributed by atoms with Gasteiger partial charge in [-0.15, -0.1) is 0 Å². The molecule has 0 radical (unpaired) electrons. The first kappa shape index (κ1) is 12.2. The number of hydrogen-bond acceptors (Lipinski definition) is 3. The Kier molecular flexibility index (Phi) is 3.03. The van der Waals surface area contributed by atoms with Crippen molar-refractivity contribution in [2.24, 2.45) is 5.92 Å². The largest absolute Gasteiger partial charge is 0.353 e. The fourth-order valence-electron chi connectivity index (χ4n) is 4.78. The summed E-state index contributed by atoms with van der Waals surface area (Å²) >= 11 is 0. The topological polar surface area (TPSA) is 44.4 Å². The highest BCUT2D eigenvalue weighted by Crippen LogP contribution is 2.34. The van der Waals surface area contributed by atoms with Gasteiger partial charge in [0.15, 0.2) is 0 Å². The third-order valence-electron chi connectivity index (χ3n) is 5.80. The van der Waals surface area contributed by atoms with E-state index in [4.69, 9.17) is 0 Å². The highest BCUT2D eigenvalue weighted by molar-refractivity contribution is 5.80. The maximum Gasteiger partial charge on any atom is 0.224 e. The lowest BCUT2D eigenvalue weighted by atomic mass is 9.88. The fraction of sp³-hybridized carbons (Fsp3) is 0.933. The number of nitrogens with one attached hydrogen (secondary N) is 2. The van der Waals surface area contributed by atoms with Gasteiger partial charge in [-0.1, -0.05) is 0 Å². The van der Waals surface area contributed by atoms with Crippen LogP contribution in [0.25, 0.3) is 0 Å². The average Bonchev–Trinajstić information content (AvgIpc) is 3.13. The highest BCUT2D eigenvalue weighted by atomic mass is 16.2. The minimum atomic E-state index is 0.250. The van der Waals surface area contributed by atoms with Crippen molar-refractivity contribution in [2.45, 2.75) is 69.1 Å². The maximum atomic E-state index is 12.4. The minimum Gasteiger partial charge on any atom is -0.353 e. The molecule has 0 aromatic heterocycles. The van der Waals surface area contributed by atoms with Gasteiger partial charge >= 0.3 is 0 Å². The second-order valence-electron chi connectivity index (χ2n) is 6.95. The van der Waals surface area contributed by atoms with E-state index < -0.39 is 0 Å². The Bertz CT molecular complexity index is 372. The number of carbonyl (C=O) groups excluding carboxylic acids is 1. The predicted octanol–water partition coefficient (Wildman–Crippen LogP) is 0.870. The first-order valence-electron chi connectivity index (χ1n) is 8.10. The van der Waals surface area contributed by atoms with Gasteiger partial charge in [0.1, 0.15) is 0 Å².